The Labute approximate surface area is 97.8 Å². The van der Waals surface area contributed by atoms with Gasteiger partial charge in [-0.05, 0) is 29.9 Å². The van der Waals surface area contributed by atoms with E-state index in [2.05, 4.69) is 25.1 Å². The fourth-order valence-corrected chi connectivity index (χ4v) is 2.41. The lowest BCUT2D eigenvalue weighted by atomic mass is 10.2. The Morgan fingerprint density at radius 1 is 1.27 bits per heavy atom. The van der Waals surface area contributed by atoms with Crippen LogP contribution in [0.3, 0.4) is 0 Å². The summed E-state index contributed by atoms with van der Waals surface area (Å²) in [6, 6.07) is 8.39. The van der Waals surface area contributed by atoms with Crippen LogP contribution in [0.2, 0.25) is 0 Å². The van der Waals surface area contributed by atoms with E-state index in [-0.39, 0.29) is 0 Å². The van der Waals surface area contributed by atoms with Gasteiger partial charge in [-0.1, -0.05) is 51.0 Å². The van der Waals surface area contributed by atoms with Crippen molar-refractivity contribution in [2.45, 2.75) is 37.5 Å². The summed E-state index contributed by atoms with van der Waals surface area (Å²) in [6.45, 7) is 7.72. The van der Waals surface area contributed by atoms with E-state index >= 15 is 0 Å². The number of hydrogen-bond acceptors (Lipinski definition) is 1. The molecule has 0 bridgehead atoms. The first-order valence-corrected chi connectivity index (χ1v) is 6.63. The molecule has 0 heterocycles. The van der Waals surface area contributed by atoms with E-state index in [1.165, 1.54) is 36.3 Å². The van der Waals surface area contributed by atoms with Gasteiger partial charge in [-0.2, -0.15) is 0 Å². The van der Waals surface area contributed by atoms with Crippen molar-refractivity contribution in [2.75, 3.05) is 5.75 Å². The van der Waals surface area contributed by atoms with E-state index in [1.54, 1.807) is 6.08 Å². The number of unbranched alkanes of at least 4 members (excludes halogenated alkanes) is 3. The molecule has 0 amide bonds. The van der Waals surface area contributed by atoms with Crippen molar-refractivity contribution in [1.29, 1.82) is 0 Å². The van der Waals surface area contributed by atoms with Crippen molar-refractivity contribution in [3.8, 4) is 0 Å². The molecule has 0 aromatic heterocycles. The third-order valence-corrected chi connectivity index (χ3v) is 3.40. The number of thioether (sulfide) groups is 1. The average Bonchev–Trinajstić information content (AvgIpc) is 2.29. The van der Waals surface area contributed by atoms with Gasteiger partial charge in [-0.25, -0.2) is 0 Å². The van der Waals surface area contributed by atoms with E-state index in [0.29, 0.717) is 0 Å². The second kappa shape index (κ2) is 7.58. The first kappa shape index (κ1) is 12.4. The van der Waals surface area contributed by atoms with E-state index in [1.807, 2.05) is 17.8 Å². The third kappa shape index (κ3) is 5.08. The monoisotopic (exact) mass is 219 g/mol. The quantitative estimate of drug-likeness (QED) is 0.468. The van der Waals surface area contributed by atoms with Gasteiger partial charge in [0, 0.05) is 4.90 Å². The van der Waals surface area contributed by atoms with Crippen LogP contribution in [-0.2, 0) is 0 Å². The smallest absolute Gasteiger partial charge is 0.00779 e. The average molecular weight is 219 g/mol. The molecule has 1 radical (unpaired) electrons. The van der Waals surface area contributed by atoms with Gasteiger partial charge in [-0.3, -0.25) is 0 Å². The van der Waals surface area contributed by atoms with E-state index in [4.69, 9.17) is 6.58 Å². The molecule has 0 nitrogen and oxygen atoms in total. The normalized spacial score (nSPS) is 10.2. The topological polar surface area (TPSA) is 0 Å². The number of benzene rings is 1. The number of rotatable bonds is 7. The Bertz CT molecular complexity index is 291. The van der Waals surface area contributed by atoms with Crippen LogP contribution in [0.1, 0.15) is 38.2 Å². The van der Waals surface area contributed by atoms with E-state index in [9.17, 15) is 0 Å². The van der Waals surface area contributed by atoms with Gasteiger partial charge in [0.1, 0.15) is 0 Å². The van der Waals surface area contributed by atoms with Gasteiger partial charge in [0.2, 0.25) is 0 Å². The summed E-state index contributed by atoms with van der Waals surface area (Å²) in [5.41, 5.74) is 1.11. The van der Waals surface area contributed by atoms with Crippen LogP contribution >= 0.6 is 11.8 Å². The van der Waals surface area contributed by atoms with Crippen LogP contribution in [0.15, 0.2) is 29.2 Å². The minimum absolute atomic E-state index is 1.11. The van der Waals surface area contributed by atoms with Gasteiger partial charge in [-0.15, -0.1) is 11.8 Å². The molecule has 0 saturated heterocycles. The summed E-state index contributed by atoms with van der Waals surface area (Å²) < 4.78 is 0. The minimum atomic E-state index is 1.11. The SMILES string of the molecule is [CH]=Cc1cccc(SCCCCCC)c1. The van der Waals surface area contributed by atoms with Gasteiger partial charge >= 0.3 is 0 Å². The maximum atomic E-state index is 5.48. The molecule has 0 saturated carbocycles. The van der Waals surface area contributed by atoms with E-state index in [0.717, 1.165) is 5.56 Å². The third-order valence-electron chi connectivity index (χ3n) is 2.32. The van der Waals surface area contributed by atoms with Crippen molar-refractivity contribution in [3.63, 3.8) is 0 Å². The maximum absolute atomic E-state index is 5.48. The molecule has 1 aromatic rings. The van der Waals surface area contributed by atoms with Gasteiger partial charge in [0.05, 0.1) is 0 Å². The highest BCUT2D eigenvalue weighted by Crippen LogP contribution is 2.21. The Balaban J connectivity index is 2.27. The summed E-state index contributed by atoms with van der Waals surface area (Å²) in [7, 11) is 0. The molecule has 1 aromatic carbocycles. The molecule has 0 atom stereocenters. The zero-order valence-electron chi connectivity index (χ0n) is 9.41. The molecule has 81 valence electrons. The Morgan fingerprint density at radius 2 is 2.13 bits per heavy atom. The van der Waals surface area contributed by atoms with Crippen molar-refractivity contribution in [2.24, 2.45) is 0 Å². The lowest BCUT2D eigenvalue weighted by Gasteiger charge is -2.02. The minimum Gasteiger partial charge on any atom is -0.126 e. The molecule has 0 spiro atoms. The first-order valence-electron chi connectivity index (χ1n) is 5.64. The van der Waals surface area contributed by atoms with Gasteiger partial charge < -0.3 is 0 Å². The van der Waals surface area contributed by atoms with Gasteiger partial charge in [0.15, 0.2) is 0 Å². The summed E-state index contributed by atoms with van der Waals surface area (Å²) >= 11 is 1.92. The zero-order chi connectivity index (χ0) is 10.9. The van der Waals surface area contributed by atoms with Crippen LogP contribution in [0.5, 0.6) is 0 Å². The van der Waals surface area contributed by atoms with Crippen molar-refractivity contribution in [3.05, 3.63) is 36.4 Å². The first-order chi connectivity index (χ1) is 7.36. The fraction of sp³-hybridized carbons (Fsp3) is 0.429. The molecular weight excluding hydrogens is 200 g/mol. The maximum Gasteiger partial charge on any atom is 0.00779 e. The van der Waals surface area contributed by atoms with Crippen LogP contribution < -0.4 is 0 Å². The lowest BCUT2D eigenvalue weighted by molar-refractivity contribution is 0.706. The van der Waals surface area contributed by atoms with Crippen LogP contribution in [0, 0.1) is 6.58 Å². The van der Waals surface area contributed by atoms with Crippen LogP contribution in [0.25, 0.3) is 6.08 Å². The Morgan fingerprint density at radius 3 is 2.87 bits per heavy atom. The Kier molecular flexibility index (Phi) is 6.26. The van der Waals surface area contributed by atoms with Crippen LogP contribution in [0.4, 0.5) is 0 Å². The molecule has 0 aliphatic heterocycles. The number of hydrogen-bond donors (Lipinski definition) is 0. The highest BCUT2D eigenvalue weighted by Gasteiger charge is 1.94. The molecule has 1 heteroatoms. The molecule has 0 N–H and O–H groups in total. The second-order valence-corrected chi connectivity index (χ2v) is 4.82. The van der Waals surface area contributed by atoms with E-state index < -0.39 is 0 Å². The highest BCUT2D eigenvalue weighted by molar-refractivity contribution is 7.99. The second-order valence-electron chi connectivity index (χ2n) is 3.65. The predicted octanol–water partition coefficient (Wildman–Crippen LogP) is 4.81. The summed E-state index contributed by atoms with van der Waals surface area (Å²) in [4.78, 5) is 1.32. The van der Waals surface area contributed by atoms with Gasteiger partial charge in [0.25, 0.3) is 0 Å². The largest absolute Gasteiger partial charge is 0.126 e. The summed E-state index contributed by atoms with van der Waals surface area (Å²) in [6.07, 6.45) is 6.99. The van der Waals surface area contributed by atoms with Crippen molar-refractivity contribution >= 4 is 17.8 Å². The molecule has 0 fully saturated rings. The molecule has 0 aliphatic rings. The van der Waals surface area contributed by atoms with Crippen molar-refractivity contribution < 1.29 is 0 Å². The molecule has 1 rings (SSSR count). The zero-order valence-corrected chi connectivity index (χ0v) is 10.2. The lowest BCUT2D eigenvalue weighted by Crippen LogP contribution is -1.81. The van der Waals surface area contributed by atoms with Crippen LogP contribution in [-0.4, -0.2) is 5.75 Å². The molecule has 0 unspecified atom stereocenters. The summed E-state index contributed by atoms with van der Waals surface area (Å²) in [5.74, 6) is 1.22. The fourth-order valence-electron chi connectivity index (χ4n) is 1.43. The van der Waals surface area contributed by atoms with Crippen molar-refractivity contribution in [1.82, 2.24) is 0 Å². The Hall–Kier alpha value is -0.690. The standard InChI is InChI=1S/C14H19S/c1-3-5-6-7-11-15-14-10-8-9-13(4-2)12-14/h2,4,8-10,12H,3,5-7,11H2,1H3. The predicted molar refractivity (Wildman–Crippen MR) is 70.1 cm³/mol. The molecular formula is C14H19S. The summed E-state index contributed by atoms with van der Waals surface area (Å²) in [5, 5.41) is 0. The molecule has 0 aliphatic carbocycles. The highest BCUT2D eigenvalue weighted by atomic mass is 32.2. The molecule has 15 heavy (non-hydrogen) atoms.